The Hall–Kier alpha value is -2.06. The molecule has 1 saturated carbocycles. The fourth-order valence-corrected chi connectivity index (χ4v) is 4.57. The van der Waals surface area contributed by atoms with Gasteiger partial charge in [0.05, 0.1) is 13.7 Å². The van der Waals surface area contributed by atoms with Gasteiger partial charge in [-0.3, -0.25) is 19.1 Å². The molecule has 3 rings (SSSR count). The van der Waals surface area contributed by atoms with Crippen LogP contribution < -0.4 is 10.0 Å². The average Bonchev–Trinajstić information content (AvgIpc) is 3.32. The van der Waals surface area contributed by atoms with E-state index in [0.717, 1.165) is 31.3 Å². The maximum Gasteiger partial charge on any atom is 0.316 e. The Labute approximate surface area is 196 Å². The van der Waals surface area contributed by atoms with Crippen LogP contribution in [0.25, 0.3) is 0 Å². The third kappa shape index (κ3) is 9.61. The predicted molar refractivity (Wildman–Crippen MR) is 128 cm³/mol. The number of carbonyl (C=O) groups excluding carboxylic acids is 3. The van der Waals surface area contributed by atoms with Gasteiger partial charge in [0.15, 0.2) is 0 Å². The van der Waals surface area contributed by atoms with E-state index in [4.69, 9.17) is 0 Å². The molecule has 1 aliphatic heterocycles. The summed E-state index contributed by atoms with van der Waals surface area (Å²) in [5.41, 5.74) is 1.32. The molecule has 1 saturated heterocycles. The Kier molecular flexibility index (Phi) is 12.2. The molecule has 2 fully saturated rings. The molecule has 0 bridgehead atoms. The number of carbonyl (C=O) groups is 3. The third-order valence-electron chi connectivity index (χ3n) is 5.85. The highest BCUT2D eigenvalue weighted by molar-refractivity contribution is 7.98. The van der Waals surface area contributed by atoms with Crippen LogP contribution in [0.4, 0.5) is 0 Å². The number of esters is 1. The summed E-state index contributed by atoms with van der Waals surface area (Å²) < 4.78 is 7.40. The van der Waals surface area contributed by atoms with E-state index in [1.807, 2.05) is 18.2 Å². The van der Waals surface area contributed by atoms with E-state index < -0.39 is 0 Å². The minimum Gasteiger partial charge on any atom is -0.468 e. The molecule has 32 heavy (non-hydrogen) atoms. The van der Waals surface area contributed by atoms with E-state index in [1.54, 1.807) is 4.90 Å². The summed E-state index contributed by atoms with van der Waals surface area (Å²) in [6.07, 6.45) is 7.76. The van der Waals surface area contributed by atoms with E-state index in [0.29, 0.717) is 12.5 Å². The molecule has 1 aromatic carbocycles. The number of hydrogen-bond donors (Lipinski definition) is 2. The Morgan fingerprint density at radius 3 is 2.41 bits per heavy atom. The number of nitrogens with zero attached hydrogens (tertiary/aromatic N) is 1. The Balaban J connectivity index is 0.000000439. The molecule has 2 amide bonds. The first-order chi connectivity index (χ1) is 15.5. The van der Waals surface area contributed by atoms with Gasteiger partial charge in [-0.2, -0.15) is 0 Å². The molecule has 1 aliphatic carbocycles. The van der Waals surface area contributed by atoms with Crippen molar-refractivity contribution in [3.8, 4) is 0 Å². The zero-order chi connectivity index (χ0) is 23.2. The van der Waals surface area contributed by atoms with Gasteiger partial charge in [-0.05, 0) is 38.5 Å². The minimum atomic E-state index is -0.358. The van der Waals surface area contributed by atoms with Crippen LogP contribution in [0.5, 0.6) is 0 Å². The fourth-order valence-electron chi connectivity index (χ4n) is 4.01. The van der Waals surface area contributed by atoms with Crippen molar-refractivity contribution in [2.24, 2.45) is 5.92 Å². The number of ether oxygens (including phenoxy) is 1. The summed E-state index contributed by atoms with van der Waals surface area (Å²) in [5.74, 6) is 0.256. The number of aryl methyl sites for hydroxylation is 1. The van der Waals surface area contributed by atoms with Crippen molar-refractivity contribution in [1.29, 1.82) is 0 Å². The monoisotopic (exact) mass is 463 g/mol. The number of likely N-dealkylation sites (tertiary alicyclic amines) is 1. The summed E-state index contributed by atoms with van der Waals surface area (Å²) >= 11 is 1.14. The van der Waals surface area contributed by atoms with Crippen LogP contribution in [0.15, 0.2) is 30.3 Å². The van der Waals surface area contributed by atoms with Gasteiger partial charge in [0.25, 0.3) is 0 Å². The molecule has 0 aromatic heterocycles. The molecule has 0 radical (unpaired) electrons. The van der Waals surface area contributed by atoms with Gasteiger partial charge >= 0.3 is 5.97 Å². The molecule has 0 spiro atoms. The molecule has 2 aliphatic rings. The number of rotatable bonds is 8. The lowest BCUT2D eigenvalue weighted by molar-refractivity contribution is -0.137. The number of nitrogens with one attached hydrogen (secondary N) is 2. The van der Waals surface area contributed by atoms with Crippen molar-refractivity contribution >= 4 is 29.7 Å². The number of methoxy groups -OCH3 is 1. The second-order valence-corrected chi connectivity index (χ2v) is 9.20. The van der Waals surface area contributed by atoms with Crippen molar-refractivity contribution in [1.82, 2.24) is 14.9 Å². The van der Waals surface area contributed by atoms with Crippen molar-refractivity contribution in [2.45, 2.75) is 57.9 Å². The number of benzene rings is 1. The fraction of sp³-hybridized carbons (Fsp3) is 0.625. The first-order valence-electron chi connectivity index (χ1n) is 11.5. The van der Waals surface area contributed by atoms with Crippen LogP contribution in [-0.4, -0.2) is 61.2 Å². The molecule has 1 unspecified atom stereocenters. The lowest BCUT2D eigenvalue weighted by Crippen LogP contribution is -2.48. The molecule has 1 heterocycles. The highest BCUT2D eigenvalue weighted by Gasteiger charge is 2.33. The maximum absolute atomic E-state index is 12.5. The van der Waals surface area contributed by atoms with E-state index >= 15 is 0 Å². The first-order valence-corrected chi connectivity index (χ1v) is 12.5. The molecular weight excluding hydrogens is 426 g/mol. The first kappa shape index (κ1) is 26.2. The largest absolute Gasteiger partial charge is 0.468 e. The van der Waals surface area contributed by atoms with Crippen molar-refractivity contribution in [3.63, 3.8) is 0 Å². The SMILES string of the molecule is COC(=O)CSNCC(=O)N1CCCC1C(=O)NCC1CCCCC1.Cc1ccccc1. The quantitative estimate of drug-likeness (QED) is 0.350. The molecule has 1 aromatic rings. The summed E-state index contributed by atoms with van der Waals surface area (Å²) in [5, 5.41) is 3.05. The standard InChI is InChI=1S/C17H29N3O4S.C7H8/c1-24-16(22)12-25-19-11-15(21)20-9-5-8-14(20)17(23)18-10-13-6-3-2-4-7-13;1-7-5-3-2-4-6-7/h13-14,19H,2-12H2,1H3,(H,18,23);2-6H,1H3. The molecule has 8 heteroatoms. The Morgan fingerprint density at radius 1 is 1.06 bits per heavy atom. The van der Waals surface area contributed by atoms with Gasteiger partial charge in [0.1, 0.15) is 11.8 Å². The van der Waals surface area contributed by atoms with Gasteiger partial charge in [-0.15, -0.1) is 0 Å². The second-order valence-electron chi connectivity index (χ2n) is 8.33. The van der Waals surface area contributed by atoms with Crippen LogP contribution in [0.2, 0.25) is 0 Å². The summed E-state index contributed by atoms with van der Waals surface area (Å²) in [4.78, 5) is 37.5. The van der Waals surface area contributed by atoms with E-state index in [9.17, 15) is 14.4 Å². The highest BCUT2D eigenvalue weighted by Crippen LogP contribution is 2.23. The van der Waals surface area contributed by atoms with E-state index in [1.165, 1.54) is 44.8 Å². The topological polar surface area (TPSA) is 87.7 Å². The van der Waals surface area contributed by atoms with E-state index in [2.05, 4.69) is 33.8 Å². The minimum absolute atomic E-state index is 0.0290. The third-order valence-corrected chi connectivity index (χ3v) is 6.58. The maximum atomic E-state index is 12.5. The number of amides is 2. The van der Waals surface area contributed by atoms with Gasteiger partial charge in [-0.1, -0.05) is 67.1 Å². The summed E-state index contributed by atoms with van der Waals surface area (Å²) in [6.45, 7) is 3.53. The molecular formula is C24H37N3O4S. The van der Waals surface area contributed by atoms with Gasteiger partial charge in [0.2, 0.25) is 11.8 Å². The van der Waals surface area contributed by atoms with Crippen LogP contribution in [-0.2, 0) is 19.1 Å². The van der Waals surface area contributed by atoms with Gasteiger partial charge in [0, 0.05) is 13.1 Å². The van der Waals surface area contributed by atoms with Gasteiger partial charge in [-0.25, -0.2) is 0 Å². The lowest BCUT2D eigenvalue weighted by Gasteiger charge is -2.26. The predicted octanol–water partition coefficient (Wildman–Crippen LogP) is 3.08. The summed E-state index contributed by atoms with van der Waals surface area (Å²) in [7, 11) is 1.33. The smallest absolute Gasteiger partial charge is 0.316 e. The summed E-state index contributed by atoms with van der Waals surface area (Å²) in [6, 6.07) is 9.90. The molecule has 178 valence electrons. The van der Waals surface area contributed by atoms with Crippen LogP contribution >= 0.6 is 11.9 Å². The average molecular weight is 464 g/mol. The number of hydrogen-bond acceptors (Lipinski definition) is 6. The second kappa shape index (κ2) is 14.9. The lowest BCUT2D eigenvalue weighted by atomic mass is 9.89. The Bertz CT molecular complexity index is 710. The molecule has 2 N–H and O–H groups in total. The van der Waals surface area contributed by atoms with E-state index in [-0.39, 0.29) is 36.1 Å². The normalized spacial score (nSPS) is 18.4. The van der Waals surface area contributed by atoms with Crippen LogP contribution in [0.1, 0.15) is 50.5 Å². The van der Waals surface area contributed by atoms with Crippen molar-refractivity contribution in [2.75, 3.05) is 32.5 Å². The van der Waals surface area contributed by atoms with Gasteiger partial charge < -0.3 is 15.0 Å². The van der Waals surface area contributed by atoms with Crippen molar-refractivity contribution in [3.05, 3.63) is 35.9 Å². The van der Waals surface area contributed by atoms with Crippen molar-refractivity contribution < 1.29 is 19.1 Å². The highest BCUT2D eigenvalue weighted by atomic mass is 32.2. The zero-order valence-corrected chi connectivity index (χ0v) is 20.1. The molecule has 7 nitrogen and oxygen atoms in total. The van der Waals surface area contributed by atoms with Crippen LogP contribution in [0.3, 0.4) is 0 Å². The Morgan fingerprint density at radius 2 is 1.78 bits per heavy atom. The van der Waals surface area contributed by atoms with Crippen LogP contribution in [0, 0.1) is 12.8 Å². The molecule has 1 atom stereocenters. The zero-order valence-electron chi connectivity index (χ0n) is 19.3.